The molecule has 1 unspecified atom stereocenters. The summed E-state index contributed by atoms with van der Waals surface area (Å²) in [6.07, 6.45) is 10.6. The molecule has 1 rings (SSSR count). The van der Waals surface area contributed by atoms with Crippen LogP contribution in [-0.4, -0.2) is 25.8 Å². The smallest absolute Gasteiger partial charge is 0.0276 e. The summed E-state index contributed by atoms with van der Waals surface area (Å²) in [4.78, 5) is 4.54. The number of nitrogens with zero attached hydrogens (tertiary/aromatic N) is 1. The van der Waals surface area contributed by atoms with Crippen LogP contribution >= 0.6 is 0 Å². The van der Waals surface area contributed by atoms with Crippen LogP contribution in [0, 0.1) is 5.92 Å². The minimum Gasteiger partial charge on any atom is -0.317 e. The van der Waals surface area contributed by atoms with E-state index in [1.54, 1.807) is 0 Å². The fourth-order valence-electron chi connectivity index (χ4n) is 2.58. The SMILES string of the molecule is CCCCCC/C(=N/C)C1CCCNCC1. The van der Waals surface area contributed by atoms with E-state index in [4.69, 9.17) is 0 Å². The van der Waals surface area contributed by atoms with Crippen molar-refractivity contribution in [2.24, 2.45) is 10.9 Å². The number of aliphatic imine (C=N–C) groups is 1. The number of unbranched alkanes of at least 4 members (excludes halogenated alkanes) is 3. The van der Waals surface area contributed by atoms with Gasteiger partial charge in [-0.2, -0.15) is 0 Å². The van der Waals surface area contributed by atoms with Crippen molar-refractivity contribution in [1.29, 1.82) is 0 Å². The van der Waals surface area contributed by atoms with E-state index in [0.717, 1.165) is 5.92 Å². The molecule has 1 heterocycles. The zero-order valence-electron chi connectivity index (χ0n) is 11.1. The first-order chi connectivity index (χ1) is 7.88. The maximum Gasteiger partial charge on any atom is 0.0276 e. The Morgan fingerprint density at radius 2 is 2.06 bits per heavy atom. The molecule has 0 aromatic rings. The Bertz CT molecular complexity index is 191. The third-order valence-corrected chi connectivity index (χ3v) is 3.62. The standard InChI is InChI=1S/C14H28N2/c1-3-4-5-6-9-14(15-2)13-8-7-11-16-12-10-13/h13,16H,3-12H2,1-2H3/b15-14-. The van der Waals surface area contributed by atoms with Gasteiger partial charge in [-0.1, -0.05) is 26.2 Å². The predicted octanol–water partition coefficient (Wildman–Crippen LogP) is 3.42. The van der Waals surface area contributed by atoms with Crippen LogP contribution in [0.2, 0.25) is 0 Å². The lowest BCUT2D eigenvalue weighted by Crippen LogP contribution is -2.18. The van der Waals surface area contributed by atoms with E-state index < -0.39 is 0 Å². The van der Waals surface area contributed by atoms with Gasteiger partial charge in [0.25, 0.3) is 0 Å². The van der Waals surface area contributed by atoms with Gasteiger partial charge < -0.3 is 5.32 Å². The monoisotopic (exact) mass is 224 g/mol. The van der Waals surface area contributed by atoms with Gasteiger partial charge in [0.2, 0.25) is 0 Å². The zero-order chi connectivity index (χ0) is 11.6. The molecule has 1 N–H and O–H groups in total. The summed E-state index contributed by atoms with van der Waals surface area (Å²) in [5.41, 5.74) is 1.49. The second-order valence-electron chi connectivity index (χ2n) is 4.90. The van der Waals surface area contributed by atoms with Gasteiger partial charge in [-0.05, 0) is 51.1 Å². The van der Waals surface area contributed by atoms with Crippen LogP contribution in [0.3, 0.4) is 0 Å². The minimum atomic E-state index is 0.765. The maximum absolute atomic E-state index is 4.54. The average molecular weight is 224 g/mol. The van der Waals surface area contributed by atoms with Crippen LogP contribution in [0.4, 0.5) is 0 Å². The molecule has 1 atom stereocenters. The molecule has 1 fully saturated rings. The number of hydrogen-bond acceptors (Lipinski definition) is 2. The largest absolute Gasteiger partial charge is 0.317 e. The first kappa shape index (κ1) is 13.7. The molecule has 0 aromatic carbocycles. The number of hydrogen-bond donors (Lipinski definition) is 1. The van der Waals surface area contributed by atoms with Gasteiger partial charge in [0, 0.05) is 12.8 Å². The highest BCUT2D eigenvalue weighted by molar-refractivity contribution is 5.86. The first-order valence-electron chi connectivity index (χ1n) is 7.04. The lowest BCUT2D eigenvalue weighted by Gasteiger charge is -2.16. The van der Waals surface area contributed by atoms with Gasteiger partial charge in [-0.15, -0.1) is 0 Å². The Morgan fingerprint density at radius 1 is 1.19 bits per heavy atom. The molecule has 16 heavy (non-hydrogen) atoms. The van der Waals surface area contributed by atoms with Gasteiger partial charge in [-0.3, -0.25) is 4.99 Å². The molecule has 1 aliphatic heterocycles. The van der Waals surface area contributed by atoms with E-state index in [0.29, 0.717) is 0 Å². The molecule has 0 spiro atoms. The van der Waals surface area contributed by atoms with Gasteiger partial charge in [0.1, 0.15) is 0 Å². The normalized spacial score (nSPS) is 23.1. The topological polar surface area (TPSA) is 24.4 Å². The third-order valence-electron chi connectivity index (χ3n) is 3.62. The van der Waals surface area contributed by atoms with Crippen molar-refractivity contribution >= 4 is 5.71 Å². The van der Waals surface area contributed by atoms with Crippen LogP contribution in [-0.2, 0) is 0 Å². The van der Waals surface area contributed by atoms with Gasteiger partial charge >= 0.3 is 0 Å². The molecule has 0 aromatic heterocycles. The third kappa shape index (κ3) is 5.11. The summed E-state index contributed by atoms with van der Waals surface area (Å²) in [5.74, 6) is 0.765. The Balaban J connectivity index is 2.28. The minimum absolute atomic E-state index is 0.765. The van der Waals surface area contributed by atoms with Gasteiger partial charge in [-0.25, -0.2) is 0 Å². The second kappa shape index (κ2) is 8.74. The molecular weight excluding hydrogens is 196 g/mol. The quantitative estimate of drug-likeness (QED) is 0.542. The van der Waals surface area contributed by atoms with Crippen molar-refractivity contribution < 1.29 is 0 Å². The molecule has 94 valence electrons. The summed E-state index contributed by atoms with van der Waals surface area (Å²) in [6, 6.07) is 0. The fraction of sp³-hybridized carbons (Fsp3) is 0.929. The molecule has 0 saturated carbocycles. The highest BCUT2D eigenvalue weighted by Crippen LogP contribution is 2.19. The molecule has 0 amide bonds. The van der Waals surface area contributed by atoms with Crippen LogP contribution in [0.15, 0.2) is 4.99 Å². The Hall–Kier alpha value is -0.370. The van der Waals surface area contributed by atoms with E-state index in [9.17, 15) is 0 Å². The van der Waals surface area contributed by atoms with Crippen molar-refractivity contribution in [2.45, 2.75) is 58.3 Å². The molecule has 2 nitrogen and oxygen atoms in total. The van der Waals surface area contributed by atoms with E-state index in [2.05, 4.69) is 17.2 Å². The second-order valence-corrected chi connectivity index (χ2v) is 4.90. The van der Waals surface area contributed by atoms with Crippen LogP contribution < -0.4 is 5.32 Å². The van der Waals surface area contributed by atoms with Crippen molar-refractivity contribution in [3.8, 4) is 0 Å². The van der Waals surface area contributed by atoms with Crippen LogP contribution in [0.1, 0.15) is 58.3 Å². The molecule has 0 radical (unpaired) electrons. The zero-order valence-corrected chi connectivity index (χ0v) is 11.1. The lowest BCUT2D eigenvalue weighted by molar-refractivity contribution is 0.586. The molecule has 1 saturated heterocycles. The predicted molar refractivity (Wildman–Crippen MR) is 72.3 cm³/mol. The van der Waals surface area contributed by atoms with E-state index in [1.165, 1.54) is 70.2 Å². The Labute approximate surface area is 101 Å². The van der Waals surface area contributed by atoms with Crippen LogP contribution in [0.25, 0.3) is 0 Å². The Morgan fingerprint density at radius 3 is 2.81 bits per heavy atom. The number of nitrogens with one attached hydrogen (secondary N) is 1. The highest BCUT2D eigenvalue weighted by atomic mass is 14.9. The van der Waals surface area contributed by atoms with Crippen molar-refractivity contribution in [2.75, 3.05) is 20.1 Å². The number of rotatable bonds is 6. The first-order valence-corrected chi connectivity index (χ1v) is 7.04. The molecule has 2 heteroatoms. The van der Waals surface area contributed by atoms with Crippen molar-refractivity contribution in [3.63, 3.8) is 0 Å². The van der Waals surface area contributed by atoms with Crippen LogP contribution in [0.5, 0.6) is 0 Å². The van der Waals surface area contributed by atoms with E-state index >= 15 is 0 Å². The highest BCUT2D eigenvalue weighted by Gasteiger charge is 2.16. The molecule has 0 bridgehead atoms. The van der Waals surface area contributed by atoms with Gasteiger partial charge in [0.05, 0.1) is 0 Å². The average Bonchev–Trinajstić information content (AvgIpc) is 2.58. The Kier molecular flexibility index (Phi) is 7.48. The van der Waals surface area contributed by atoms with E-state index in [1.807, 2.05) is 7.05 Å². The van der Waals surface area contributed by atoms with E-state index in [-0.39, 0.29) is 0 Å². The van der Waals surface area contributed by atoms with Crippen molar-refractivity contribution in [1.82, 2.24) is 5.32 Å². The lowest BCUT2D eigenvalue weighted by atomic mass is 9.91. The summed E-state index contributed by atoms with van der Waals surface area (Å²) >= 11 is 0. The summed E-state index contributed by atoms with van der Waals surface area (Å²) < 4.78 is 0. The molecule has 1 aliphatic rings. The fourth-order valence-corrected chi connectivity index (χ4v) is 2.58. The summed E-state index contributed by atoms with van der Waals surface area (Å²) in [7, 11) is 1.98. The summed E-state index contributed by atoms with van der Waals surface area (Å²) in [6.45, 7) is 4.65. The van der Waals surface area contributed by atoms with Crippen molar-refractivity contribution in [3.05, 3.63) is 0 Å². The maximum atomic E-state index is 4.54. The molecular formula is C14H28N2. The molecule has 0 aliphatic carbocycles. The summed E-state index contributed by atoms with van der Waals surface area (Å²) in [5, 5.41) is 3.48. The van der Waals surface area contributed by atoms with Gasteiger partial charge in [0.15, 0.2) is 0 Å².